The number of aliphatic hydroxyl groups is 1. The Morgan fingerprint density at radius 3 is 2.56 bits per heavy atom. The van der Waals surface area contributed by atoms with Crippen molar-refractivity contribution in [2.45, 2.75) is 66.5 Å². The number of fused-ring (bicyclic) bond motifs is 1. The van der Waals surface area contributed by atoms with E-state index in [0.29, 0.717) is 6.04 Å². The Kier molecular flexibility index (Phi) is 3.13. The molecule has 0 spiro atoms. The molecule has 2 nitrogen and oxygen atoms in total. The quantitative estimate of drug-likeness (QED) is 0.796. The van der Waals surface area contributed by atoms with Crippen molar-refractivity contribution >= 4 is 0 Å². The fourth-order valence-electron chi connectivity index (χ4n) is 2.93. The second-order valence-electron chi connectivity index (χ2n) is 7.73. The third-order valence-electron chi connectivity index (χ3n) is 4.48. The molecule has 0 saturated heterocycles. The van der Waals surface area contributed by atoms with Gasteiger partial charge in [-0.2, -0.15) is 0 Å². The molecule has 1 aliphatic rings. The van der Waals surface area contributed by atoms with E-state index in [4.69, 9.17) is 0 Å². The molecular formula is C16H27NO. The zero-order chi connectivity index (χ0) is 13.7. The molecular weight excluding hydrogens is 222 g/mol. The van der Waals surface area contributed by atoms with Gasteiger partial charge in [-0.1, -0.05) is 34.6 Å². The van der Waals surface area contributed by atoms with Crippen molar-refractivity contribution in [2.24, 2.45) is 10.8 Å². The van der Waals surface area contributed by atoms with Crippen molar-refractivity contribution < 1.29 is 5.11 Å². The van der Waals surface area contributed by atoms with Gasteiger partial charge in [-0.05, 0) is 36.7 Å². The van der Waals surface area contributed by atoms with Gasteiger partial charge in [0.2, 0.25) is 0 Å². The van der Waals surface area contributed by atoms with Crippen LogP contribution in [0.1, 0.15) is 71.4 Å². The van der Waals surface area contributed by atoms with E-state index in [9.17, 15) is 5.11 Å². The monoisotopic (exact) mass is 249 g/mol. The van der Waals surface area contributed by atoms with Gasteiger partial charge in [0.25, 0.3) is 0 Å². The summed E-state index contributed by atoms with van der Waals surface area (Å²) >= 11 is 0. The van der Waals surface area contributed by atoms with Gasteiger partial charge in [-0.25, -0.2) is 0 Å². The molecule has 0 fully saturated rings. The fourth-order valence-corrected chi connectivity index (χ4v) is 2.93. The molecule has 18 heavy (non-hydrogen) atoms. The van der Waals surface area contributed by atoms with Crippen LogP contribution in [0.3, 0.4) is 0 Å². The van der Waals surface area contributed by atoms with Crippen LogP contribution in [-0.2, 0) is 6.42 Å². The molecule has 2 heteroatoms. The minimum absolute atomic E-state index is 0.195. The first-order chi connectivity index (χ1) is 8.12. The standard InChI is InChI=1S/C16H27NO/c1-11(15(2,3)4)17-8-7-12-13(17)9-16(5,6)10-14(12)18/h7-8,11,14,18H,9-10H2,1-6H3. The van der Waals surface area contributed by atoms with Crippen LogP contribution in [-0.4, -0.2) is 9.67 Å². The Morgan fingerprint density at radius 1 is 1.39 bits per heavy atom. The van der Waals surface area contributed by atoms with Crippen molar-refractivity contribution in [1.29, 1.82) is 0 Å². The normalized spacial score (nSPS) is 24.7. The first kappa shape index (κ1) is 13.7. The van der Waals surface area contributed by atoms with Crippen molar-refractivity contribution in [3.63, 3.8) is 0 Å². The van der Waals surface area contributed by atoms with Crippen LogP contribution in [0.5, 0.6) is 0 Å². The lowest BCUT2D eigenvalue weighted by Crippen LogP contribution is -2.29. The van der Waals surface area contributed by atoms with E-state index in [-0.39, 0.29) is 16.9 Å². The Morgan fingerprint density at radius 2 is 2.00 bits per heavy atom. The molecule has 0 saturated carbocycles. The summed E-state index contributed by atoms with van der Waals surface area (Å²) in [5.41, 5.74) is 2.91. The van der Waals surface area contributed by atoms with E-state index in [1.807, 2.05) is 0 Å². The lowest BCUT2D eigenvalue weighted by Gasteiger charge is -2.37. The van der Waals surface area contributed by atoms with Gasteiger partial charge in [-0.15, -0.1) is 0 Å². The lowest BCUT2D eigenvalue weighted by atomic mass is 9.75. The Labute approximate surface area is 111 Å². The van der Waals surface area contributed by atoms with E-state index in [1.54, 1.807) is 0 Å². The summed E-state index contributed by atoms with van der Waals surface area (Å²) in [6, 6.07) is 2.56. The third-order valence-corrected chi connectivity index (χ3v) is 4.48. The molecule has 0 bridgehead atoms. The summed E-state index contributed by atoms with van der Waals surface area (Å²) in [5, 5.41) is 10.3. The van der Waals surface area contributed by atoms with Crippen LogP contribution in [0.4, 0.5) is 0 Å². The Bertz CT molecular complexity index is 436. The van der Waals surface area contributed by atoms with Crippen molar-refractivity contribution in [3.05, 3.63) is 23.5 Å². The number of rotatable bonds is 1. The van der Waals surface area contributed by atoms with E-state index >= 15 is 0 Å². The van der Waals surface area contributed by atoms with Crippen molar-refractivity contribution in [2.75, 3.05) is 0 Å². The highest BCUT2D eigenvalue weighted by molar-refractivity contribution is 5.30. The Balaban J connectivity index is 2.43. The molecule has 1 aromatic rings. The largest absolute Gasteiger partial charge is 0.388 e. The molecule has 2 rings (SSSR count). The van der Waals surface area contributed by atoms with Crippen LogP contribution in [0.2, 0.25) is 0 Å². The maximum absolute atomic E-state index is 10.3. The molecule has 2 unspecified atom stereocenters. The first-order valence-electron chi connectivity index (χ1n) is 6.99. The van der Waals surface area contributed by atoms with Gasteiger partial charge in [-0.3, -0.25) is 0 Å². The number of aliphatic hydroxyl groups excluding tert-OH is 1. The summed E-state index contributed by atoms with van der Waals surface area (Å²) in [6.07, 6.45) is 3.79. The molecule has 1 aliphatic carbocycles. The number of nitrogens with zero attached hydrogens (tertiary/aromatic N) is 1. The van der Waals surface area contributed by atoms with Crippen LogP contribution in [0.15, 0.2) is 12.3 Å². The highest BCUT2D eigenvalue weighted by Gasteiger charge is 2.35. The maximum Gasteiger partial charge on any atom is 0.0812 e. The van der Waals surface area contributed by atoms with Gasteiger partial charge >= 0.3 is 0 Å². The van der Waals surface area contributed by atoms with Gasteiger partial charge in [0.1, 0.15) is 0 Å². The smallest absolute Gasteiger partial charge is 0.0812 e. The predicted octanol–water partition coefficient (Wildman–Crippen LogP) is 4.10. The van der Waals surface area contributed by atoms with Crippen LogP contribution in [0, 0.1) is 10.8 Å². The summed E-state index contributed by atoms with van der Waals surface area (Å²) in [4.78, 5) is 0. The second-order valence-corrected chi connectivity index (χ2v) is 7.73. The number of hydrogen-bond donors (Lipinski definition) is 1. The molecule has 0 aromatic carbocycles. The molecule has 1 aromatic heterocycles. The van der Waals surface area contributed by atoms with Gasteiger partial charge in [0, 0.05) is 23.5 Å². The van der Waals surface area contributed by atoms with Gasteiger partial charge in [0.15, 0.2) is 0 Å². The molecule has 2 atom stereocenters. The van der Waals surface area contributed by atoms with Crippen LogP contribution in [0.25, 0.3) is 0 Å². The topological polar surface area (TPSA) is 25.2 Å². The number of aromatic nitrogens is 1. The summed E-state index contributed by atoms with van der Waals surface area (Å²) in [7, 11) is 0. The zero-order valence-corrected chi connectivity index (χ0v) is 12.6. The van der Waals surface area contributed by atoms with Crippen molar-refractivity contribution in [3.8, 4) is 0 Å². The Hall–Kier alpha value is -0.760. The minimum Gasteiger partial charge on any atom is -0.388 e. The lowest BCUT2D eigenvalue weighted by molar-refractivity contribution is 0.0961. The van der Waals surface area contributed by atoms with E-state index < -0.39 is 0 Å². The second kappa shape index (κ2) is 4.12. The highest BCUT2D eigenvalue weighted by Crippen LogP contribution is 2.43. The maximum atomic E-state index is 10.3. The summed E-state index contributed by atoms with van der Waals surface area (Å²) < 4.78 is 2.37. The highest BCUT2D eigenvalue weighted by atomic mass is 16.3. The van der Waals surface area contributed by atoms with Crippen LogP contribution >= 0.6 is 0 Å². The zero-order valence-electron chi connectivity index (χ0n) is 12.6. The van der Waals surface area contributed by atoms with E-state index in [2.05, 4.69) is 58.4 Å². The SMILES string of the molecule is CC(n1ccc2c1CC(C)(C)CC2O)C(C)(C)C. The average Bonchev–Trinajstić information content (AvgIpc) is 2.56. The molecule has 1 N–H and O–H groups in total. The first-order valence-corrected chi connectivity index (χ1v) is 6.99. The molecule has 1 heterocycles. The third kappa shape index (κ3) is 2.35. The van der Waals surface area contributed by atoms with Gasteiger partial charge in [0.05, 0.1) is 6.10 Å². The van der Waals surface area contributed by atoms with E-state index in [0.717, 1.165) is 18.4 Å². The summed E-state index contributed by atoms with van der Waals surface area (Å²) in [6.45, 7) is 13.6. The minimum atomic E-state index is -0.294. The molecule has 0 amide bonds. The van der Waals surface area contributed by atoms with Gasteiger partial charge < -0.3 is 9.67 Å². The fraction of sp³-hybridized carbons (Fsp3) is 0.750. The molecule has 0 aliphatic heterocycles. The van der Waals surface area contributed by atoms with Crippen LogP contribution < -0.4 is 0 Å². The number of hydrogen-bond acceptors (Lipinski definition) is 1. The predicted molar refractivity (Wildman–Crippen MR) is 75.7 cm³/mol. The van der Waals surface area contributed by atoms with Crippen molar-refractivity contribution in [1.82, 2.24) is 4.57 Å². The molecule has 102 valence electrons. The average molecular weight is 249 g/mol. The van der Waals surface area contributed by atoms with E-state index in [1.165, 1.54) is 5.69 Å². The molecule has 0 radical (unpaired) electrons. The summed E-state index contributed by atoms with van der Waals surface area (Å²) in [5.74, 6) is 0.